The quantitative estimate of drug-likeness (QED) is 0.194. The number of esters is 1. The van der Waals surface area contributed by atoms with E-state index < -0.39 is 11.9 Å². The number of benzene rings is 3. The van der Waals surface area contributed by atoms with Crippen LogP contribution in [-0.4, -0.2) is 46.0 Å². The lowest BCUT2D eigenvalue weighted by Crippen LogP contribution is -2.24. The molecule has 0 bridgehead atoms. The predicted octanol–water partition coefficient (Wildman–Crippen LogP) is 4.11. The molecule has 0 fully saturated rings. The molecule has 182 valence electrons. The van der Waals surface area contributed by atoms with Crippen LogP contribution in [0.5, 0.6) is 28.7 Å². The van der Waals surface area contributed by atoms with Crippen molar-refractivity contribution in [1.29, 1.82) is 0 Å². The number of methoxy groups -OCH3 is 3. The Morgan fingerprint density at radius 2 is 1.49 bits per heavy atom. The number of hydrazone groups is 1. The molecule has 3 rings (SSSR count). The molecule has 0 aromatic heterocycles. The van der Waals surface area contributed by atoms with Gasteiger partial charge in [0.15, 0.2) is 18.1 Å². The van der Waals surface area contributed by atoms with E-state index in [0.717, 1.165) is 0 Å². The topological polar surface area (TPSA) is 105 Å². The van der Waals surface area contributed by atoms with Crippen LogP contribution < -0.4 is 29.1 Å². The van der Waals surface area contributed by atoms with Gasteiger partial charge in [-0.25, -0.2) is 10.2 Å². The normalized spacial score (nSPS) is 10.5. The first-order valence-electron chi connectivity index (χ1n) is 10.3. The summed E-state index contributed by atoms with van der Waals surface area (Å²) in [6, 6.07) is 16.2. The van der Waals surface area contributed by atoms with Gasteiger partial charge in [-0.2, -0.15) is 5.10 Å². The average Bonchev–Trinajstić information content (AvgIpc) is 2.88. The second-order valence-corrected chi connectivity index (χ2v) is 7.34. The summed E-state index contributed by atoms with van der Waals surface area (Å²) in [4.78, 5) is 24.5. The van der Waals surface area contributed by atoms with E-state index >= 15 is 0 Å². The Bertz CT molecular complexity index is 1170. The van der Waals surface area contributed by atoms with Gasteiger partial charge < -0.3 is 23.7 Å². The lowest BCUT2D eigenvalue weighted by molar-refractivity contribution is -0.123. The molecule has 0 aliphatic rings. The molecule has 0 radical (unpaired) electrons. The first-order chi connectivity index (χ1) is 16.9. The molecule has 0 aliphatic heterocycles. The number of ether oxygens (including phenoxy) is 5. The van der Waals surface area contributed by atoms with E-state index in [4.69, 9.17) is 35.3 Å². The van der Waals surface area contributed by atoms with Gasteiger partial charge in [0.25, 0.3) is 5.91 Å². The number of hydrogen-bond donors (Lipinski definition) is 1. The summed E-state index contributed by atoms with van der Waals surface area (Å²) in [6.45, 7) is -0.200. The highest BCUT2D eigenvalue weighted by atomic mass is 35.5. The van der Waals surface area contributed by atoms with Gasteiger partial charge in [-0.3, -0.25) is 4.79 Å². The van der Waals surface area contributed by atoms with E-state index in [2.05, 4.69) is 10.5 Å². The van der Waals surface area contributed by atoms with Crippen LogP contribution in [0.2, 0.25) is 5.02 Å². The number of amides is 1. The first kappa shape index (κ1) is 25.4. The molecule has 35 heavy (non-hydrogen) atoms. The number of rotatable bonds is 10. The Hall–Kier alpha value is -4.24. The summed E-state index contributed by atoms with van der Waals surface area (Å²) in [7, 11) is 4.40. The van der Waals surface area contributed by atoms with Crippen LogP contribution >= 0.6 is 11.6 Å². The first-order valence-corrected chi connectivity index (χ1v) is 10.6. The highest BCUT2D eigenvalue weighted by Gasteiger charge is 2.18. The van der Waals surface area contributed by atoms with Crippen LogP contribution in [0.15, 0.2) is 65.8 Å². The van der Waals surface area contributed by atoms with Gasteiger partial charge in [-0.05, 0) is 66.2 Å². The molecule has 9 nitrogen and oxygen atoms in total. The number of hydrogen-bond acceptors (Lipinski definition) is 8. The smallest absolute Gasteiger partial charge is 0.343 e. The molecule has 0 saturated carbocycles. The van der Waals surface area contributed by atoms with Crippen LogP contribution in [0.25, 0.3) is 0 Å². The van der Waals surface area contributed by atoms with Crippen LogP contribution in [0.3, 0.4) is 0 Å². The van der Waals surface area contributed by atoms with Gasteiger partial charge in [0.2, 0.25) is 5.75 Å². The zero-order valence-corrected chi connectivity index (χ0v) is 20.0. The van der Waals surface area contributed by atoms with Crippen LogP contribution in [0.4, 0.5) is 0 Å². The Morgan fingerprint density at radius 3 is 2.06 bits per heavy atom. The number of nitrogens with zero attached hydrogens (tertiary/aromatic N) is 1. The zero-order chi connectivity index (χ0) is 25.2. The third kappa shape index (κ3) is 7.12. The van der Waals surface area contributed by atoms with Crippen molar-refractivity contribution in [2.45, 2.75) is 0 Å². The molecule has 0 atom stereocenters. The molecule has 0 saturated heterocycles. The van der Waals surface area contributed by atoms with Gasteiger partial charge in [0, 0.05) is 5.02 Å². The molecule has 0 spiro atoms. The number of carbonyl (C=O) groups is 2. The molecular weight excluding hydrogens is 476 g/mol. The third-order valence-corrected chi connectivity index (χ3v) is 4.83. The monoisotopic (exact) mass is 498 g/mol. The summed E-state index contributed by atoms with van der Waals surface area (Å²) in [5.41, 5.74) is 3.28. The van der Waals surface area contributed by atoms with E-state index in [0.29, 0.717) is 39.3 Å². The van der Waals surface area contributed by atoms with Gasteiger partial charge in [0.1, 0.15) is 11.5 Å². The van der Waals surface area contributed by atoms with E-state index in [1.807, 2.05) is 0 Å². The lowest BCUT2D eigenvalue weighted by atomic mass is 10.2. The highest BCUT2D eigenvalue weighted by molar-refractivity contribution is 6.30. The molecular formula is C25H23ClN2O7. The largest absolute Gasteiger partial charge is 0.493 e. The van der Waals surface area contributed by atoms with E-state index in [9.17, 15) is 9.59 Å². The third-order valence-electron chi connectivity index (χ3n) is 4.58. The second kappa shape index (κ2) is 12.3. The minimum absolute atomic E-state index is 0.200. The van der Waals surface area contributed by atoms with Gasteiger partial charge in [-0.1, -0.05) is 11.6 Å². The van der Waals surface area contributed by atoms with E-state index in [1.54, 1.807) is 48.5 Å². The lowest BCUT2D eigenvalue weighted by Gasteiger charge is -2.13. The molecule has 0 heterocycles. The van der Waals surface area contributed by atoms with Crippen molar-refractivity contribution in [3.8, 4) is 28.7 Å². The van der Waals surface area contributed by atoms with Crippen molar-refractivity contribution < 1.29 is 33.3 Å². The minimum Gasteiger partial charge on any atom is -0.493 e. The maximum Gasteiger partial charge on any atom is 0.343 e. The fourth-order valence-electron chi connectivity index (χ4n) is 2.88. The van der Waals surface area contributed by atoms with Crippen molar-refractivity contribution in [1.82, 2.24) is 5.43 Å². The van der Waals surface area contributed by atoms with Crippen molar-refractivity contribution in [2.75, 3.05) is 27.9 Å². The summed E-state index contributed by atoms with van der Waals surface area (Å²) in [5.74, 6) is 0.869. The number of nitrogens with one attached hydrogen (secondary N) is 1. The molecule has 1 N–H and O–H groups in total. The molecule has 3 aromatic rings. The standard InChI is InChI=1S/C25H23ClN2O7/c1-31-21-12-17(13-22(32-2)24(21)33-3)25(30)35-20-8-4-16(5-9-20)14-27-28-23(29)15-34-19-10-6-18(26)7-11-19/h4-14H,15H2,1-3H3,(H,28,29). The number of halogens is 1. The fraction of sp³-hybridized carbons (Fsp3) is 0.160. The second-order valence-electron chi connectivity index (χ2n) is 6.91. The summed E-state index contributed by atoms with van der Waals surface area (Å²) < 4.78 is 26.5. The van der Waals surface area contributed by atoms with Crippen molar-refractivity contribution in [3.05, 3.63) is 76.8 Å². The van der Waals surface area contributed by atoms with Crippen molar-refractivity contribution in [3.63, 3.8) is 0 Å². The predicted molar refractivity (Wildman–Crippen MR) is 130 cm³/mol. The SMILES string of the molecule is COc1cc(C(=O)Oc2ccc(C=NNC(=O)COc3ccc(Cl)cc3)cc2)cc(OC)c1OC. The summed E-state index contributed by atoms with van der Waals surface area (Å²) in [6.07, 6.45) is 1.45. The Balaban J connectivity index is 1.54. The summed E-state index contributed by atoms with van der Waals surface area (Å²) in [5, 5.41) is 4.46. The summed E-state index contributed by atoms with van der Waals surface area (Å²) >= 11 is 5.80. The minimum atomic E-state index is -0.598. The van der Waals surface area contributed by atoms with Crippen LogP contribution in [-0.2, 0) is 4.79 Å². The van der Waals surface area contributed by atoms with Gasteiger partial charge in [-0.15, -0.1) is 0 Å². The van der Waals surface area contributed by atoms with Crippen LogP contribution in [0.1, 0.15) is 15.9 Å². The molecule has 0 unspecified atom stereocenters. The Morgan fingerprint density at radius 1 is 0.886 bits per heavy atom. The van der Waals surface area contributed by atoms with Gasteiger partial charge in [0.05, 0.1) is 33.1 Å². The highest BCUT2D eigenvalue weighted by Crippen LogP contribution is 2.38. The molecule has 0 aliphatic carbocycles. The molecule has 3 aromatic carbocycles. The van der Waals surface area contributed by atoms with Crippen molar-refractivity contribution in [2.24, 2.45) is 5.10 Å². The Kier molecular flexibility index (Phi) is 8.91. The van der Waals surface area contributed by atoms with E-state index in [1.165, 1.54) is 39.7 Å². The Labute approximate surface area is 207 Å². The molecule has 1 amide bonds. The maximum atomic E-state index is 12.6. The fourth-order valence-corrected chi connectivity index (χ4v) is 3.00. The van der Waals surface area contributed by atoms with E-state index in [-0.39, 0.29) is 12.2 Å². The van der Waals surface area contributed by atoms with Gasteiger partial charge >= 0.3 is 5.97 Å². The van der Waals surface area contributed by atoms with Crippen molar-refractivity contribution >= 4 is 29.7 Å². The van der Waals surface area contributed by atoms with Crippen LogP contribution in [0, 0.1) is 0 Å². The zero-order valence-electron chi connectivity index (χ0n) is 19.2. The maximum absolute atomic E-state index is 12.6. The molecule has 10 heteroatoms. The average molecular weight is 499 g/mol. The number of carbonyl (C=O) groups excluding carboxylic acids is 2.